The van der Waals surface area contributed by atoms with Crippen molar-refractivity contribution >= 4 is 35.1 Å². The normalized spacial score (nSPS) is 22.6. The minimum absolute atomic E-state index is 0.102. The van der Waals surface area contributed by atoms with Crippen molar-refractivity contribution in [3.63, 3.8) is 0 Å². The molecule has 5 rings (SSSR count). The van der Waals surface area contributed by atoms with Gasteiger partial charge in [-0.25, -0.2) is 0 Å². The summed E-state index contributed by atoms with van der Waals surface area (Å²) < 4.78 is 13.3. The van der Waals surface area contributed by atoms with Gasteiger partial charge in [0.2, 0.25) is 5.91 Å². The van der Waals surface area contributed by atoms with Gasteiger partial charge in [-0.05, 0) is 74.6 Å². The first-order chi connectivity index (χ1) is 19.6. The van der Waals surface area contributed by atoms with E-state index in [1.807, 2.05) is 62.4 Å². The van der Waals surface area contributed by atoms with E-state index in [0.29, 0.717) is 22.9 Å². The number of nitrogens with zero attached hydrogens (tertiary/aromatic N) is 1. The first kappa shape index (κ1) is 29.4. The van der Waals surface area contributed by atoms with Gasteiger partial charge in [0.15, 0.2) is 0 Å². The summed E-state index contributed by atoms with van der Waals surface area (Å²) in [7, 11) is 0. The highest BCUT2D eigenvalue weighted by molar-refractivity contribution is 6.30. The third kappa shape index (κ3) is 6.88. The Morgan fingerprint density at radius 3 is 2.39 bits per heavy atom. The van der Waals surface area contributed by atoms with E-state index in [1.165, 1.54) is 5.56 Å². The average Bonchev–Trinajstić information content (AvgIpc) is 2.95. The highest BCUT2D eigenvalue weighted by Gasteiger charge is 2.52. The van der Waals surface area contributed by atoms with Crippen LogP contribution in [0.25, 0.3) is 0 Å². The lowest BCUT2D eigenvalue weighted by atomic mass is 9.71. The molecule has 6 nitrogen and oxygen atoms in total. The van der Waals surface area contributed by atoms with Crippen molar-refractivity contribution < 1.29 is 24.2 Å². The molecule has 2 aliphatic rings. The molecule has 1 saturated heterocycles. The SMILES string of the molecule is CC1(C)Oc2ccc(Cl)cc2[C@@H]2O[C@H](CCc3ccccc3)[C@H](C(=O)N(CCC(=O)O)Cc3ccc(Cl)cc3)C[C@H]21. The summed E-state index contributed by atoms with van der Waals surface area (Å²) >= 11 is 12.5. The zero-order valence-corrected chi connectivity index (χ0v) is 24.8. The number of hydrogen-bond acceptors (Lipinski definition) is 4. The molecule has 1 amide bonds. The third-order valence-electron chi connectivity index (χ3n) is 8.26. The summed E-state index contributed by atoms with van der Waals surface area (Å²) in [5.41, 5.74) is 2.37. The molecule has 2 aliphatic heterocycles. The van der Waals surface area contributed by atoms with Crippen molar-refractivity contribution in [3.8, 4) is 5.75 Å². The molecule has 3 aromatic carbocycles. The number of carboxylic acids is 1. The molecule has 8 heteroatoms. The van der Waals surface area contributed by atoms with Crippen molar-refractivity contribution in [2.75, 3.05) is 6.54 Å². The number of amides is 1. The molecule has 0 unspecified atom stereocenters. The standard InChI is InChI=1S/C33H35Cl2NO5/c1-33(2)27-19-26(32(39)36(17-16-30(37)38)20-22-8-11-23(34)12-9-22)28(14-10-21-6-4-3-5-7-21)40-31(27)25-18-24(35)13-15-29(25)41-33/h3-9,11-13,15,18,26-28,31H,10,14,16-17,19-20H2,1-2H3,(H,37,38)/t26-,27-,28-,31+/m1/s1. The van der Waals surface area contributed by atoms with E-state index in [1.54, 1.807) is 17.0 Å². The highest BCUT2D eigenvalue weighted by Crippen LogP contribution is 2.53. The van der Waals surface area contributed by atoms with Crippen molar-refractivity contribution in [1.82, 2.24) is 4.90 Å². The Morgan fingerprint density at radius 2 is 1.68 bits per heavy atom. The number of hydrogen-bond donors (Lipinski definition) is 1. The molecule has 1 fully saturated rings. The number of aliphatic carboxylic acids is 1. The molecule has 0 bridgehead atoms. The summed E-state index contributed by atoms with van der Waals surface area (Å²) in [4.78, 5) is 27.5. The summed E-state index contributed by atoms with van der Waals surface area (Å²) in [6, 6.07) is 23.0. The summed E-state index contributed by atoms with van der Waals surface area (Å²) in [6.45, 7) is 4.46. The number of benzene rings is 3. The molecule has 0 saturated carbocycles. The summed E-state index contributed by atoms with van der Waals surface area (Å²) in [6.07, 6.45) is 1.15. The minimum Gasteiger partial charge on any atom is -0.487 e. The number of carbonyl (C=O) groups excluding carboxylic acids is 1. The number of fused-ring (bicyclic) bond motifs is 3. The van der Waals surface area contributed by atoms with Crippen LogP contribution in [0.1, 0.15) is 55.9 Å². The van der Waals surface area contributed by atoms with Crippen LogP contribution in [0.3, 0.4) is 0 Å². The second-order valence-corrected chi connectivity index (χ2v) is 12.4. The van der Waals surface area contributed by atoms with Gasteiger partial charge in [-0.1, -0.05) is 65.7 Å². The number of carboxylic acid groups (broad SMARTS) is 1. The molecule has 3 aromatic rings. The zero-order chi connectivity index (χ0) is 29.1. The van der Waals surface area contributed by atoms with Gasteiger partial charge in [0.1, 0.15) is 11.4 Å². The Bertz CT molecular complexity index is 1380. The fraction of sp³-hybridized carbons (Fsp3) is 0.394. The van der Waals surface area contributed by atoms with Crippen molar-refractivity contribution in [2.45, 2.75) is 63.9 Å². The van der Waals surface area contributed by atoms with E-state index in [9.17, 15) is 14.7 Å². The van der Waals surface area contributed by atoms with Crippen LogP contribution >= 0.6 is 23.2 Å². The Kier molecular flexibility index (Phi) is 8.93. The number of carbonyl (C=O) groups is 2. The maximum Gasteiger partial charge on any atom is 0.305 e. The quantitative estimate of drug-likeness (QED) is 0.279. The predicted octanol–water partition coefficient (Wildman–Crippen LogP) is 7.36. The fourth-order valence-corrected chi connectivity index (χ4v) is 6.39. The van der Waals surface area contributed by atoms with Crippen LogP contribution in [0.2, 0.25) is 10.0 Å². The van der Waals surface area contributed by atoms with Crippen LogP contribution in [0, 0.1) is 11.8 Å². The lowest BCUT2D eigenvalue weighted by Gasteiger charge is -2.51. The molecule has 41 heavy (non-hydrogen) atoms. The lowest BCUT2D eigenvalue weighted by Crippen LogP contribution is -2.54. The molecular formula is C33H35Cl2NO5. The first-order valence-corrected chi connectivity index (χ1v) is 14.8. The summed E-state index contributed by atoms with van der Waals surface area (Å²) in [5, 5.41) is 10.7. The monoisotopic (exact) mass is 595 g/mol. The van der Waals surface area contributed by atoms with E-state index in [2.05, 4.69) is 12.1 Å². The Morgan fingerprint density at radius 1 is 0.976 bits per heavy atom. The second kappa shape index (κ2) is 12.4. The molecule has 1 N–H and O–H groups in total. The first-order valence-electron chi connectivity index (χ1n) is 14.0. The van der Waals surface area contributed by atoms with Gasteiger partial charge in [0.25, 0.3) is 0 Å². The lowest BCUT2D eigenvalue weighted by molar-refractivity contribution is -0.185. The van der Waals surface area contributed by atoms with Crippen LogP contribution in [0.15, 0.2) is 72.8 Å². The van der Waals surface area contributed by atoms with Crippen LogP contribution in [0.4, 0.5) is 0 Å². The highest BCUT2D eigenvalue weighted by atomic mass is 35.5. The van der Waals surface area contributed by atoms with Crippen LogP contribution in [-0.2, 0) is 27.3 Å². The Hall–Kier alpha value is -3.06. The molecule has 0 aromatic heterocycles. The van der Waals surface area contributed by atoms with Gasteiger partial charge in [0.05, 0.1) is 24.5 Å². The average molecular weight is 597 g/mol. The Balaban J connectivity index is 1.47. The van der Waals surface area contributed by atoms with Gasteiger partial charge in [-0.15, -0.1) is 0 Å². The molecule has 0 aliphatic carbocycles. The smallest absolute Gasteiger partial charge is 0.305 e. The summed E-state index contributed by atoms with van der Waals surface area (Å²) in [5.74, 6) is -0.879. The van der Waals surface area contributed by atoms with Gasteiger partial charge >= 0.3 is 5.97 Å². The van der Waals surface area contributed by atoms with Crippen molar-refractivity contribution in [1.29, 1.82) is 0 Å². The molecule has 0 spiro atoms. The molecule has 0 radical (unpaired) electrons. The van der Waals surface area contributed by atoms with E-state index in [-0.39, 0.29) is 43.5 Å². The van der Waals surface area contributed by atoms with Gasteiger partial charge in [0, 0.05) is 34.6 Å². The van der Waals surface area contributed by atoms with Crippen LogP contribution < -0.4 is 4.74 Å². The van der Waals surface area contributed by atoms with Crippen LogP contribution in [0.5, 0.6) is 5.75 Å². The zero-order valence-electron chi connectivity index (χ0n) is 23.3. The van der Waals surface area contributed by atoms with Crippen LogP contribution in [-0.4, -0.2) is 40.1 Å². The van der Waals surface area contributed by atoms with E-state index >= 15 is 0 Å². The topological polar surface area (TPSA) is 76.1 Å². The molecule has 2 heterocycles. The molecular weight excluding hydrogens is 561 g/mol. The maximum absolute atomic E-state index is 14.4. The predicted molar refractivity (Wildman–Crippen MR) is 159 cm³/mol. The maximum atomic E-state index is 14.4. The largest absolute Gasteiger partial charge is 0.487 e. The number of aryl methyl sites for hydroxylation is 1. The van der Waals surface area contributed by atoms with Crippen molar-refractivity contribution in [3.05, 3.63) is 99.5 Å². The number of rotatable bonds is 9. The van der Waals surface area contributed by atoms with Gasteiger partial charge in [-0.3, -0.25) is 9.59 Å². The van der Waals surface area contributed by atoms with Crippen molar-refractivity contribution in [2.24, 2.45) is 11.8 Å². The fourth-order valence-electron chi connectivity index (χ4n) is 6.08. The van der Waals surface area contributed by atoms with Gasteiger partial charge < -0.3 is 19.5 Å². The second-order valence-electron chi connectivity index (χ2n) is 11.5. The molecule has 216 valence electrons. The minimum atomic E-state index is -0.949. The van der Waals surface area contributed by atoms with E-state index in [0.717, 1.165) is 23.3 Å². The number of ether oxygens (including phenoxy) is 2. The van der Waals surface area contributed by atoms with E-state index in [4.69, 9.17) is 32.7 Å². The molecule has 4 atom stereocenters. The third-order valence-corrected chi connectivity index (χ3v) is 8.75. The Labute approximate surface area is 251 Å². The van der Waals surface area contributed by atoms with E-state index < -0.39 is 17.5 Å². The number of halogens is 2. The van der Waals surface area contributed by atoms with Gasteiger partial charge in [-0.2, -0.15) is 0 Å².